The summed E-state index contributed by atoms with van der Waals surface area (Å²) in [6.45, 7) is 0.0763. The Morgan fingerprint density at radius 1 is 1.00 bits per heavy atom. The van der Waals surface area contributed by atoms with Crippen molar-refractivity contribution in [2.24, 2.45) is 0 Å². The number of ether oxygens (including phenoxy) is 1. The van der Waals surface area contributed by atoms with Crippen molar-refractivity contribution in [2.45, 2.75) is 6.61 Å². The van der Waals surface area contributed by atoms with Gasteiger partial charge in [0.25, 0.3) is 0 Å². The van der Waals surface area contributed by atoms with Crippen molar-refractivity contribution in [1.29, 1.82) is 0 Å². The molecule has 3 aromatic heterocycles. The van der Waals surface area contributed by atoms with Gasteiger partial charge in [-0.2, -0.15) is 5.10 Å². The zero-order chi connectivity index (χ0) is 25.2. The molecule has 37 heavy (non-hydrogen) atoms. The third kappa shape index (κ3) is 4.70. The summed E-state index contributed by atoms with van der Waals surface area (Å²) in [6.07, 6.45) is 4.68. The Hall–Kier alpha value is -4.82. The fourth-order valence-electron chi connectivity index (χ4n) is 3.98. The van der Waals surface area contributed by atoms with E-state index in [1.54, 1.807) is 29.1 Å². The number of hydrogen-bond donors (Lipinski definition) is 0. The standard InChI is InChI=1S/C29H19N3O4S/c33-27(35-18-26-30-23-11-5-7-13-25(23)37-26)15-14-20-17-32(21-9-2-1-3-10-21)31-28(20)22-16-19-8-4-6-12-24(19)36-29(22)34/h1-17H,18H2. The van der Waals surface area contributed by atoms with Gasteiger partial charge in [-0.1, -0.05) is 48.5 Å². The molecule has 0 aliphatic rings. The highest BCUT2D eigenvalue weighted by Crippen LogP contribution is 2.26. The predicted molar refractivity (Wildman–Crippen MR) is 143 cm³/mol. The van der Waals surface area contributed by atoms with E-state index in [1.165, 1.54) is 17.4 Å². The molecule has 0 N–H and O–H groups in total. The fourth-order valence-corrected chi connectivity index (χ4v) is 4.86. The number of carbonyl (C=O) groups excluding carboxylic acids is 1. The molecule has 0 radical (unpaired) electrons. The SMILES string of the molecule is O=C(C=Cc1cn(-c2ccccc2)nc1-c1cc2ccccc2oc1=O)OCc1nc2ccccc2s1. The predicted octanol–water partition coefficient (Wildman–Crippen LogP) is 6.01. The van der Waals surface area contributed by atoms with Gasteiger partial charge in [0.2, 0.25) is 0 Å². The van der Waals surface area contributed by atoms with Crippen LogP contribution in [-0.2, 0) is 16.1 Å². The van der Waals surface area contributed by atoms with Crippen LogP contribution in [-0.4, -0.2) is 20.7 Å². The molecule has 8 heteroatoms. The zero-order valence-electron chi connectivity index (χ0n) is 19.4. The minimum atomic E-state index is -0.525. The molecule has 0 amide bonds. The average Bonchev–Trinajstić information content (AvgIpc) is 3.55. The van der Waals surface area contributed by atoms with Gasteiger partial charge in [0, 0.05) is 23.2 Å². The van der Waals surface area contributed by atoms with E-state index < -0.39 is 11.6 Å². The quantitative estimate of drug-likeness (QED) is 0.156. The normalized spacial score (nSPS) is 11.5. The molecule has 0 spiro atoms. The Labute approximate surface area is 214 Å². The first-order valence-electron chi connectivity index (χ1n) is 11.5. The van der Waals surface area contributed by atoms with Gasteiger partial charge >= 0.3 is 11.6 Å². The Bertz CT molecular complexity index is 1800. The number of benzene rings is 3. The van der Waals surface area contributed by atoms with Crippen LogP contribution in [0.25, 0.3) is 44.2 Å². The van der Waals surface area contributed by atoms with E-state index in [1.807, 2.05) is 72.8 Å². The number of esters is 1. The number of nitrogens with zero attached hydrogens (tertiary/aromatic N) is 3. The summed E-state index contributed by atoms with van der Waals surface area (Å²) < 4.78 is 13.6. The highest BCUT2D eigenvalue weighted by molar-refractivity contribution is 7.18. The molecular formula is C29H19N3O4S. The van der Waals surface area contributed by atoms with Crippen LogP contribution in [0, 0.1) is 0 Å². The summed E-state index contributed by atoms with van der Waals surface area (Å²) in [4.78, 5) is 29.9. The van der Waals surface area contributed by atoms with Crippen LogP contribution in [0.2, 0.25) is 0 Å². The van der Waals surface area contributed by atoms with Gasteiger partial charge in [0.15, 0.2) is 0 Å². The lowest BCUT2D eigenvalue weighted by Crippen LogP contribution is -2.04. The number of rotatable bonds is 6. The van der Waals surface area contributed by atoms with Crippen LogP contribution in [0.5, 0.6) is 0 Å². The van der Waals surface area contributed by atoms with E-state index in [9.17, 15) is 9.59 Å². The summed E-state index contributed by atoms with van der Waals surface area (Å²) in [5, 5.41) is 6.15. The summed E-state index contributed by atoms with van der Waals surface area (Å²) in [6, 6.07) is 26.3. The van der Waals surface area contributed by atoms with Crippen LogP contribution >= 0.6 is 11.3 Å². The smallest absolute Gasteiger partial charge is 0.345 e. The molecule has 0 aliphatic carbocycles. The highest BCUT2D eigenvalue weighted by Gasteiger charge is 2.16. The van der Waals surface area contributed by atoms with E-state index in [0.717, 1.165) is 21.3 Å². The van der Waals surface area contributed by atoms with Gasteiger partial charge in [-0.3, -0.25) is 0 Å². The van der Waals surface area contributed by atoms with Gasteiger partial charge < -0.3 is 9.15 Å². The van der Waals surface area contributed by atoms with Crippen LogP contribution in [0.3, 0.4) is 0 Å². The molecule has 6 aromatic rings. The molecule has 0 atom stereocenters. The van der Waals surface area contributed by atoms with Gasteiger partial charge in [0.05, 0.1) is 21.5 Å². The minimum absolute atomic E-state index is 0.0763. The van der Waals surface area contributed by atoms with E-state index >= 15 is 0 Å². The first-order valence-corrected chi connectivity index (χ1v) is 12.3. The first-order chi connectivity index (χ1) is 18.1. The lowest BCUT2D eigenvalue weighted by atomic mass is 10.1. The minimum Gasteiger partial charge on any atom is -0.455 e. The Balaban J connectivity index is 1.31. The second-order valence-corrected chi connectivity index (χ2v) is 9.33. The Morgan fingerprint density at radius 3 is 2.65 bits per heavy atom. The van der Waals surface area contributed by atoms with E-state index in [0.29, 0.717) is 27.4 Å². The van der Waals surface area contributed by atoms with Crippen molar-refractivity contribution < 1.29 is 13.9 Å². The molecule has 0 fully saturated rings. The molecule has 3 heterocycles. The van der Waals surface area contributed by atoms with Gasteiger partial charge in [-0.05, 0) is 42.5 Å². The third-order valence-corrected chi connectivity index (χ3v) is 6.74. The molecule has 0 saturated carbocycles. The Morgan fingerprint density at radius 2 is 1.78 bits per heavy atom. The molecule has 0 aliphatic heterocycles. The summed E-state index contributed by atoms with van der Waals surface area (Å²) in [7, 11) is 0. The van der Waals surface area contributed by atoms with Gasteiger partial charge in [-0.25, -0.2) is 19.3 Å². The average molecular weight is 506 g/mol. The third-order valence-electron chi connectivity index (χ3n) is 5.73. The second kappa shape index (κ2) is 9.67. The summed E-state index contributed by atoms with van der Waals surface area (Å²) >= 11 is 1.49. The van der Waals surface area contributed by atoms with Crippen molar-refractivity contribution in [2.75, 3.05) is 0 Å². The van der Waals surface area contributed by atoms with Crippen LogP contribution in [0.4, 0.5) is 0 Å². The largest absolute Gasteiger partial charge is 0.455 e. The molecule has 0 saturated heterocycles. The number of fused-ring (bicyclic) bond motifs is 2. The monoisotopic (exact) mass is 505 g/mol. The van der Waals surface area contributed by atoms with Crippen molar-refractivity contribution in [3.8, 4) is 16.9 Å². The van der Waals surface area contributed by atoms with Crippen LogP contribution in [0.15, 0.2) is 106 Å². The number of carbonyl (C=O) groups is 1. The zero-order valence-corrected chi connectivity index (χ0v) is 20.2. The summed E-state index contributed by atoms with van der Waals surface area (Å²) in [5.41, 5.74) is 2.95. The number of hydrogen-bond acceptors (Lipinski definition) is 7. The van der Waals surface area contributed by atoms with Gasteiger partial charge in [-0.15, -0.1) is 11.3 Å². The van der Waals surface area contributed by atoms with Crippen molar-refractivity contribution in [3.63, 3.8) is 0 Å². The van der Waals surface area contributed by atoms with Gasteiger partial charge in [0.1, 0.15) is 22.9 Å². The molecule has 0 bridgehead atoms. The fraction of sp³-hybridized carbons (Fsp3) is 0.0345. The maximum absolute atomic E-state index is 12.9. The molecule has 7 nitrogen and oxygen atoms in total. The molecule has 0 unspecified atom stereocenters. The number of thiazole rings is 1. The number of aromatic nitrogens is 3. The highest BCUT2D eigenvalue weighted by atomic mass is 32.1. The lowest BCUT2D eigenvalue weighted by molar-refractivity contribution is -0.138. The number of para-hydroxylation sites is 3. The second-order valence-electron chi connectivity index (χ2n) is 8.21. The first kappa shape index (κ1) is 22.6. The van der Waals surface area contributed by atoms with Crippen LogP contribution < -0.4 is 5.63 Å². The Kier molecular flexibility index (Phi) is 5.92. The van der Waals surface area contributed by atoms with E-state index in [-0.39, 0.29) is 6.61 Å². The molecular weight excluding hydrogens is 486 g/mol. The maximum Gasteiger partial charge on any atom is 0.345 e. The van der Waals surface area contributed by atoms with E-state index in [2.05, 4.69) is 10.1 Å². The molecule has 3 aromatic carbocycles. The summed E-state index contributed by atoms with van der Waals surface area (Å²) in [5.74, 6) is -0.525. The van der Waals surface area contributed by atoms with Crippen molar-refractivity contribution in [1.82, 2.24) is 14.8 Å². The molecule has 180 valence electrons. The lowest BCUT2D eigenvalue weighted by Gasteiger charge is -2.02. The van der Waals surface area contributed by atoms with Crippen molar-refractivity contribution in [3.05, 3.63) is 118 Å². The maximum atomic E-state index is 12.9. The van der Waals surface area contributed by atoms with E-state index in [4.69, 9.17) is 9.15 Å². The van der Waals surface area contributed by atoms with Crippen LogP contribution in [0.1, 0.15) is 10.6 Å². The van der Waals surface area contributed by atoms with Crippen molar-refractivity contribution >= 4 is 44.6 Å². The topological polar surface area (TPSA) is 87.2 Å². The molecule has 6 rings (SSSR count).